The highest BCUT2D eigenvalue weighted by Crippen LogP contribution is 2.43. The van der Waals surface area contributed by atoms with Gasteiger partial charge in [0.25, 0.3) is 0 Å². The summed E-state index contributed by atoms with van der Waals surface area (Å²) in [7, 11) is 0. The van der Waals surface area contributed by atoms with Crippen LogP contribution < -0.4 is 0 Å². The van der Waals surface area contributed by atoms with Crippen molar-refractivity contribution in [2.45, 2.75) is 0 Å². The van der Waals surface area contributed by atoms with Gasteiger partial charge in [0.05, 0.1) is 17.9 Å². The van der Waals surface area contributed by atoms with E-state index in [9.17, 15) is 0 Å². The van der Waals surface area contributed by atoms with Gasteiger partial charge in [-0.1, -0.05) is 133 Å². The monoisotopic (exact) mass is 527 g/mol. The summed E-state index contributed by atoms with van der Waals surface area (Å²) in [5.41, 5.74) is 6.84. The zero-order valence-electron chi connectivity index (χ0n) is 27.0. The minimum Gasteiger partial charge on any atom is -0.292 e. The Hall–Kier alpha value is -5.47. The molecule has 7 aromatic carbocycles. The number of aromatic nitrogens is 2. The maximum atomic E-state index is 8.79. The maximum Gasteiger partial charge on any atom is 0.145 e. The highest BCUT2D eigenvalue weighted by atomic mass is 15.1. The summed E-state index contributed by atoms with van der Waals surface area (Å²) in [6.07, 6.45) is 0. The molecule has 2 nitrogen and oxygen atoms in total. The molecule has 0 aliphatic carbocycles. The molecule has 0 fully saturated rings. The molecule has 8 rings (SSSR count). The molecule has 0 unspecified atom stereocenters. The van der Waals surface area contributed by atoms with E-state index >= 15 is 0 Å². The fraction of sp³-hybridized carbons (Fsp3) is 0. The van der Waals surface area contributed by atoms with Gasteiger partial charge in [-0.3, -0.25) is 4.57 Å². The summed E-state index contributed by atoms with van der Waals surface area (Å²) in [6.45, 7) is 0. The van der Waals surface area contributed by atoms with Crippen LogP contribution in [0.5, 0.6) is 0 Å². The van der Waals surface area contributed by atoms with Crippen molar-refractivity contribution in [2.24, 2.45) is 0 Å². The normalized spacial score (nSPS) is 13.1. The van der Waals surface area contributed by atoms with Crippen LogP contribution in [0.2, 0.25) is 0 Å². The summed E-state index contributed by atoms with van der Waals surface area (Å²) in [6, 6.07) is 41.1. The number of hydrogen-bond donors (Lipinski definition) is 0. The topological polar surface area (TPSA) is 17.8 Å². The Morgan fingerprint density at radius 2 is 1.00 bits per heavy atom. The Labute approximate surface area is 245 Å². The number of nitrogens with zero attached hydrogens (tertiary/aromatic N) is 2. The summed E-state index contributed by atoms with van der Waals surface area (Å²) in [5.74, 6) is 0.869. The van der Waals surface area contributed by atoms with Crippen LogP contribution in [-0.4, -0.2) is 9.55 Å². The Bertz CT molecular complexity index is 2380. The standard InChI is InChI=1S/C39H26N2/c1-3-13-27(14-4-1)37-31-17-7-9-19-33(31)38(34-20-10-8-18-32(34)37)28-23-25-30(26-24-28)41-36-22-12-11-21-35(36)40-39(41)29-15-5-2-6-16-29/h1-26H/i1D,3D,4D,13D,14D. The van der Waals surface area contributed by atoms with Crippen LogP contribution in [0.1, 0.15) is 6.85 Å². The lowest BCUT2D eigenvalue weighted by molar-refractivity contribution is 1.10. The van der Waals surface area contributed by atoms with E-state index in [1.165, 1.54) is 0 Å². The van der Waals surface area contributed by atoms with Crippen LogP contribution in [0.3, 0.4) is 0 Å². The number of para-hydroxylation sites is 2. The van der Waals surface area contributed by atoms with Crippen LogP contribution in [-0.2, 0) is 0 Å². The number of rotatable bonds is 4. The first-order chi connectivity index (χ1) is 22.4. The third kappa shape index (κ3) is 3.84. The van der Waals surface area contributed by atoms with Crippen molar-refractivity contribution in [1.82, 2.24) is 9.55 Å². The average molecular weight is 528 g/mol. The predicted octanol–water partition coefficient (Wildman–Crippen LogP) is 10.3. The van der Waals surface area contributed by atoms with Gasteiger partial charge < -0.3 is 0 Å². The quantitative estimate of drug-likeness (QED) is 0.208. The minimum atomic E-state index is -0.398. The van der Waals surface area contributed by atoms with Crippen LogP contribution in [0.15, 0.2) is 158 Å². The van der Waals surface area contributed by atoms with E-state index in [1.807, 2.05) is 84.9 Å². The Morgan fingerprint density at radius 1 is 0.463 bits per heavy atom. The SMILES string of the molecule is [2H]c1c([2H])c([2H])c(-c2c3ccccc3c(-c3ccc(-n4c(-c5ccccc5)nc5ccccc54)cc3)c3ccccc23)c([2H])c1[2H]. The number of hydrogen-bond acceptors (Lipinski definition) is 1. The molecule has 0 aliphatic heterocycles. The second kappa shape index (κ2) is 9.62. The van der Waals surface area contributed by atoms with Crippen molar-refractivity contribution in [1.29, 1.82) is 0 Å². The largest absolute Gasteiger partial charge is 0.292 e. The highest BCUT2D eigenvalue weighted by Gasteiger charge is 2.18. The smallest absolute Gasteiger partial charge is 0.145 e. The third-order valence-corrected chi connectivity index (χ3v) is 7.69. The van der Waals surface area contributed by atoms with Gasteiger partial charge in [-0.25, -0.2) is 4.98 Å². The van der Waals surface area contributed by atoms with Gasteiger partial charge in [-0.15, -0.1) is 0 Å². The summed E-state index contributed by atoms with van der Waals surface area (Å²) < 4.78 is 44.6. The molecule has 0 radical (unpaired) electrons. The molecular weight excluding hydrogens is 496 g/mol. The molecule has 1 aromatic heterocycles. The Balaban J connectivity index is 1.37. The molecule has 0 saturated carbocycles. The molecule has 0 atom stereocenters. The minimum absolute atomic E-state index is 0.208. The van der Waals surface area contributed by atoms with Gasteiger partial charge in [0.1, 0.15) is 5.82 Å². The molecule has 0 spiro atoms. The van der Waals surface area contributed by atoms with Crippen molar-refractivity contribution >= 4 is 32.6 Å². The molecule has 2 heteroatoms. The van der Waals surface area contributed by atoms with Gasteiger partial charge in [0, 0.05) is 11.3 Å². The zero-order valence-corrected chi connectivity index (χ0v) is 22.0. The van der Waals surface area contributed by atoms with Crippen molar-refractivity contribution in [2.75, 3.05) is 0 Å². The summed E-state index contributed by atoms with van der Waals surface area (Å²) in [5, 5.41) is 3.53. The van der Waals surface area contributed by atoms with Gasteiger partial charge in [-0.05, 0) is 68.1 Å². The van der Waals surface area contributed by atoms with Gasteiger partial charge in [0.2, 0.25) is 0 Å². The van der Waals surface area contributed by atoms with Crippen molar-refractivity contribution in [3.63, 3.8) is 0 Å². The van der Waals surface area contributed by atoms with E-state index in [0.29, 0.717) is 5.56 Å². The summed E-state index contributed by atoms with van der Waals surface area (Å²) >= 11 is 0. The first-order valence-electron chi connectivity index (χ1n) is 16.1. The molecule has 1 heterocycles. The lowest BCUT2D eigenvalue weighted by Crippen LogP contribution is -1.97. The molecule has 41 heavy (non-hydrogen) atoms. The first-order valence-corrected chi connectivity index (χ1v) is 13.6. The lowest BCUT2D eigenvalue weighted by Gasteiger charge is -2.18. The lowest BCUT2D eigenvalue weighted by atomic mass is 9.86. The Morgan fingerprint density at radius 3 is 1.63 bits per heavy atom. The van der Waals surface area contributed by atoms with E-state index in [-0.39, 0.29) is 29.7 Å². The van der Waals surface area contributed by atoms with Crippen LogP contribution >= 0.6 is 0 Å². The van der Waals surface area contributed by atoms with Gasteiger partial charge in [-0.2, -0.15) is 0 Å². The molecule has 0 bridgehead atoms. The van der Waals surface area contributed by atoms with Crippen LogP contribution in [0.25, 0.3) is 71.9 Å². The highest BCUT2D eigenvalue weighted by molar-refractivity contribution is 6.21. The molecule has 0 aliphatic rings. The second-order valence-electron chi connectivity index (χ2n) is 10.0. The first kappa shape index (κ1) is 18.8. The second-order valence-corrected chi connectivity index (χ2v) is 10.0. The van der Waals surface area contributed by atoms with Gasteiger partial charge >= 0.3 is 0 Å². The van der Waals surface area contributed by atoms with E-state index in [1.54, 1.807) is 0 Å². The average Bonchev–Trinajstić information content (AvgIpc) is 3.50. The van der Waals surface area contributed by atoms with Crippen molar-refractivity contribution in [3.8, 4) is 39.3 Å². The van der Waals surface area contributed by atoms with Crippen molar-refractivity contribution < 1.29 is 6.85 Å². The zero-order chi connectivity index (χ0) is 31.5. The number of imidazole rings is 1. The van der Waals surface area contributed by atoms with Crippen molar-refractivity contribution in [3.05, 3.63) is 158 Å². The summed E-state index contributed by atoms with van der Waals surface area (Å²) in [4.78, 5) is 4.99. The third-order valence-electron chi connectivity index (χ3n) is 7.69. The molecule has 8 aromatic rings. The molecule has 0 saturated heterocycles. The molecule has 192 valence electrons. The molecule has 0 N–H and O–H groups in total. The maximum absolute atomic E-state index is 8.79. The fourth-order valence-electron chi connectivity index (χ4n) is 5.93. The fourth-order valence-corrected chi connectivity index (χ4v) is 5.93. The number of fused-ring (bicyclic) bond motifs is 3. The molecule has 0 amide bonds. The number of benzene rings is 7. The van der Waals surface area contributed by atoms with Gasteiger partial charge in [0.15, 0.2) is 0 Å². The van der Waals surface area contributed by atoms with E-state index in [2.05, 4.69) is 47.0 Å². The van der Waals surface area contributed by atoms with E-state index < -0.39 is 6.04 Å². The van der Waals surface area contributed by atoms with Crippen LogP contribution in [0, 0.1) is 0 Å². The van der Waals surface area contributed by atoms with E-state index in [4.69, 9.17) is 11.8 Å². The Kier molecular flexibility index (Phi) is 4.40. The predicted molar refractivity (Wildman–Crippen MR) is 172 cm³/mol. The molecular formula is C39H26N2. The van der Waals surface area contributed by atoms with Crippen LogP contribution in [0.4, 0.5) is 0 Å². The van der Waals surface area contributed by atoms with E-state index in [0.717, 1.165) is 60.8 Å².